The van der Waals surface area contributed by atoms with Crippen LogP contribution in [0.25, 0.3) is 5.69 Å². The number of amides is 1. The number of alkyl halides is 2. The summed E-state index contributed by atoms with van der Waals surface area (Å²) in [5, 5.41) is 19.8. The molecule has 2 fully saturated rings. The Bertz CT molecular complexity index is 1200. The molecule has 1 N–H and O–H groups in total. The van der Waals surface area contributed by atoms with Gasteiger partial charge in [-0.2, -0.15) is 0 Å². The number of nitrogens with one attached hydrogen (secondary N) is 1. The van der Waals surface area contributed by atoms with Gasteiger partial charge in [0, 0.05) is 30.8 Å². The molecule has 37 heavy (non-hydrogen) atoms. The van der Waals surface area contributed by atoms with E-state index in [1.807, 2.05) is 11.0 Å². The number of carbonyl (C=O) groups is 1. The predicted octanol–water partition coefficient (Wildman–Crippen LogP) is 2.53. The van der Waals surface area contributed by atoms with Gasteiger partial charge in [0.25, 0.3) is 6.43 Å². The van der Waals surface area contributed by atoms with E-state index in [1.165, 1.54) is 12.1 Å². The third kappa shape index (κ3) is 5.68. The van der Waals surface area contributed by atoms with Crippen LogP contribution in [-0.4, -0.2) is 75.3 Å². The van der Waals surface area contributed by atoms with Gasteiger partial charge in [-0.1, -0.05) is 17.3 Å². The van der Waals surface area contributed by atoms with E-state index < -0.39 is 6.43 Å². The van der Waals surface area contributed by atoms with Gasteiger partial charge in [0.15, 0.2) is 5.82 Å². The zero-order chi connectivity index (χ0) is 25.9. The van der Waals surface area contributed by atoms with Crippen molar-refractivity contribution in [1.29, 1.82) is 0 Å². The third-order valence-corrected chi connectivity index (χ3v) is 6.97. The molecule has 5 rings (SSSR count). The Kier molecular flexibility index (Phi) is 7.26. The third-order valence-electron chi connectivity index (χ3n) is 6.97. The minimum Gasteiger partial charge on any atom is -0.470 e. The standard InChI is InChI=1S/C25H30F2N8O2/c1-16-21(35(32-29-16)20-5-3-17(4-6-20)24(26)27)15-37-23-8-7-22(30-31-23)34-13-18(14-34)25(36)28-19-9-11-33(2)12-10-19/h3-8,18-19,24H,9-15H2,1-2H3,(H,28,36). The Morgan fingerprint density at radius 1 is 1.08 bits per heavy atom. The number of hydrogen-bond acceptors (Lipinski definition) is 8. The monoisotopic (exact) mass is 512 g/mol. The van der Waals surface area contributed by atoms with Crippen molar-refractivity contribution in [3.8, 4) is 11.6 Å². The van der Waals surface area contributed by atoms with Crippen molar-refractivity contribution < 1.29 is 18.3 Å². The molecule has 0 unspecified atom stereocenters. The smallest absolute Gasteiger partial charge is 0.263 e. The number of aryl methyl sites for hydroxylation is 1. The minimum atomic E-state index is -2.53. The number of likely N-dealkylation sites (tertiary alicyclic amines) is 1. The second-order valence-corrected chi connectivity index (χ2v) is 9.63. The van der Waals surface area contributed by atoms with Gasteiger partial charge in [-0.3, -0.25) is 4.79 Å². The van der Waals surface area contributed by atoms with Gasteiger partial charge < -0.3 is 19.9 Å². The summed E-state index contributed by atoms with van der Waals surface area (Å²) in [5.74, 6) is 1.10. The van der Waals surface area contributed by atoms with E-state index in [4.69, 9.17) is 4.74 Å². The molecule has 1 amide bonds. The fourth-order valence-corrected chi connectivity index (χ4v) is 4.52. The Labute approximate surface area is 213 Å². The molecule has 2 aromatic heterocycles. The van der Waals surface area contributed by atoms with Crippen molar-refractivity contribution in [3.05, 3.63) is 53.3 Å². The maximum absolute atomic E-state index is 12.9. The maximum atomic E-state index is 12.9. The Morgan fingerprint density at radius 3 is 2.46 bits per heavy atom. The lowest BCUT2D eigenvalue weighted by Crippen LogP contribution is -2.56. The van der Waals surface area contributed by atoms with Crippen LogP contribution < -0.4 is 15.0 Å². The Balaban J connectivity index is 1.13. The van der Waals surface area contributed by atoms with Crippen molar-refractivity contribution in [2.45, 2.75) is 38.8 Å². The molecule has 1 aromatic carbocycles. The highest BCUT2D eigenvalue weighted by molar-refractivity contribution is 5.82. The van der Waals surface area contributed by atoms with E-state index in [0.29, 0.717) is 41.9 Å². The van der Waals surface area contributed by atoms with Crippen LogP contribution in [0.2, 0.25) is 0 Å². The number of carbonyl (C=O) groups excluding carboxylic acids is 1. The summed E-state index contributed by atoms with van der Waals surface area (Å²) >= 11 is 0. The van der Waals surface area contributed by atoms with E-state index in [1.54, 1.807) is 29.8 Å². The van der Waals surface area contributed by atoms with Crippen LogP contribution in [-0.2, 0) is 11.4 Å². The van der Waals surface area contributed by atoms with E-state index in [2.05, 4.69) is 37.8 Å². The summed E-state index contributed by atoms with van der Waals surface area (Å²) < 4.78 is 33.1. The molecule has 0 aliphatic carbocycles. The molecule has 0 bridgehead atoms. The fraction of sp³-hybridized carbons (Fsp3) is 0.480. The number of nitrogens with zero attached hydrogens (tertiary/aromatic N) is 7. The molecule has 2 saturated heterocycles. The second-order valence-electron chi connectivity index (χ2n) is 9.63. The fourth-order valence-electron chi connectivity index (χ4n) is 4.52. The average molecular weight is 513 g/mol. The van der Waals surface area contributed by atoms with Crippen LogP contribution in [0.1, 0.15) is 36.2 Å². The number of hydrogen-bond donors (Lipinski definition) is 1. The average Bonchev–Trinajstić information content (AvgIpc) is 3.24. The molecule has 3 aromatic rings. The van der Waals surface area contributed by atoms with Gasteiger partial charge >= 0.3 is 0 Å². The highest BCUT2D eigenvalue weighted by Gasteiger charge is 2.35. The number of piperidine rings is 1. The molecule has 12 heteroatoms. The lowest BCUT2D eigenvalue weighted by Gasteiger charge is -2.40. The van der Waals surface area contributed by atoms with Crippen molar-refractivity contribution in [3.63, 3.8) is 0 Å². The Hall–Kier alpha value is -3.67. The lowest BCUT2D eigenvalue weighted by molar-refractivity contribution is -0.126. The van der Waals surface area contributed by atoms with Crippen molar-refractivity contribution in [2.75, 3.05) is 38.1 Å². The van der Waals surface area contributed by atoms with Gasteiger partial charge in [-0.25, -0.2) is 13.5 Å². The summed E-state index contributed by atoms with van der Waals surface area (Å²) in [6.45, 7) is 5.18. The molecule has 2 aliphatic rings. The van der Waals surface area contributed by atoms with Crippen LogP contribution in [0, 0.1) is 12.8 Å². The molecular weight excluding hydrogens is 482 g/mol. The number of halogens is 2. The minimum absolute atomic E-state index is 0.0390. The highest BCUT2D eigenvalue weighted by atomic mass is 19.3. The van der Waals surface area contributed by atoms with Crippen LogP contribution in [0.3, 0.4) is 0 Å². The first-order chi connectivity index (χ1) is 17.9. The van der Waals surface area contributed by atoms with Crippen molar-refractivity contribution in [2.24, 2.45) is 5.92 Å². The molecule has 196 valence electrons. The first-order valence-electron chi connectivity index (χ1n) is 12.4. The van der Waals surface area contributed by atoms with Gasteiger partial charge in [-0.05, 0) is 58.1 Å². The maximum Gasteiger partial charge on any atom is 0.263 e. The molecule has 0 radical (unpaired) electrons. The zero-order valence-electron chi connectivity index (χ0n) is 20.8. The van der Waals surface area contributed by atoms with Crippen LogP contribution >= 0.6 is 0 Å². The molecular formula is C25H30F2N8O2. The summed E-state index contributed by atoms with van der Waals surface area (Å²) in [5.41, 5.74) is 1.89. The largest absolute Gasteiger partial charge is 0.470 e. The quantitative estimate of drug-likeness (QED) is 0.492. The Morgan fingerprint density at radius 2 is 1.81 bits per heavy atom. The van der Waals surface area contributed by atoms with E-state index in [0.717, 1.165) is 25.9 Å². The van der Waals surface area contributed by atoms with E-state index >= 15 is 0 Å². The topological polar surface area (TPSA) is 101 Å². The van der Waals surface area contributed by atoms with Crippen molar-refractivity contribution in [1.82, 2.24) is 35.4 Å². The van der Waals surface area contributed by atoms with E-state index in [-0.39, 0.29) is 30.0 Å². The first kappa shape index (κ1) is 25.0. The molecule has 2 aliphatic heterocycles. The van der Waals surface area contributed by atoms with Gasteiger partial charge in [0.1, 0.15) is 12.3 Å². The van der Waals surface area contributed by atoms with Crippen LogP contribution in [0.5, 0.6) is 5.88 Å². The SMILES string of the molecule is Cc1nnn(-c2ccc(C(F)F)cc2)c1COc1ccc(N2CC(C(=O)NC3CCN(C)CC3)C2)nn1. The van der Waals surface area contributed by atoms with Gasteiger partial charge in [-0.15, -0.1) is 15.3 Å². The summed E-state index contributed by atoms with van der Waals surface area (Å²) in [6, 6.07) is 9.69. The van der Waals surface area contributed by atoms with Crippen molar-refractivity contribution >= 4 is 11.7 Å². The predicted molar refractivity (Wildman–Crippen MR) is 132 cm³/mol. The number of anilines is 1. The van der Waals surface area contributed by atoms with Crippen LogP contribution in [0.4, 0.5) is 14.6 Å². The molecule has 4 heterocycles. The normalized spacial score (nSPS) is 17.2. The van der Waals surface area contributed by atoms with Gasteiger partial charge in [0.05, 0.1) is 17.3 Å². The molecule has 0 saturated carbocycles. The second kappa shape index (κ2) is 10.8. The number of benzene rings is 1. The summed E-state index contributed by atoms with van der Waals surface area (Å²) in [7, 11) is 2.10. The summed E-state index contributed by atoms with van der Waals surface area (Å²) in [4.78, 5) is 16.9. The van der Waals surface area contributed by atoms with Gasteiger partial charge in [0.2, 0.25) is 11.8 Å². The molecule has 10 nitrogen and oxygen atoms in total. The number of ether oxygens (including phenoxy) is 1. The molecule has 0 spiro atoms. The lowest BCUT2D eigenvalue weighted by atomic mass is 9.97. The molecule has 0 atom stereocenters. The number of rotatable bonds is 8. The highest BCUT2D eigenvalue weighted by Crippen LogP contribution is 2.25. The van der Waals surface area contributed by atoms with Crippen LogP contribution in [0.15, 0.2) is 36.4 Å². The zero-order valence-corrected chi connectivity index (χ0v) is 20.8. The summed E-state index contributed by atoms with van der Waals surface area (Å²) in [6.07, 6.45) is -0.542. The number of aromatic nitrogens is 5. The first-order valence-corrected chi connectivity index (χ1v) is 12.4. The van der Waals surface area contributed by atoms with E-state index in [9.17, 15) is 13.6 Å².